The van der Waals surface area contributed by atoms with Gasteiger partial charge in [-0.3, -0.25) is 14.3 Å². The first-order valence-corrected chi connectivity index (χ1v) is 6.39. The van der Waals surface area contributed by atoms with Crippen LogP contribution in [0.1, 0.15) is 8.42 Å². The average Bonchev–Trinajstić information content (AvgIpc) is 2.31. The summed E-state index contributed by atoms with van der Waals surface area (Å²) in [5.74, 6) is 0.391. The van der Waals surface area contributed by atoms with Gasteiger partial charge >= 0.3 is 5.69 Å². The molecule has 2 N–H and O–H groups in total. The molecule has 1 aromatic heterocycles. The van der Waals surface area contributed by atoms with Gasteiger partial charge in [-0.15, -0.1) is 0 Å². The van der Waals surface area contributed by atoms with Gasteiger partial charge in [-0.1, -0.05) is 6.07 Å². The van der Waals surface area contributed by atoms with Crippen LogP contribution < -0.4 is 16.6 Å². The van der Waals surface area contributed by atoms with E-state index < -0.39 is 5.69 Å². The number of hydrogen-bond donors (Lipinski definition) is 2. The summed E-state index contributed by atoms with van der Waals surface area (Å²) < 4.78 is 2.13. The molecule has 0 unspecified atom stereocenters. The van der Waals surface area contributed by atoms with E-state index >= 15 is 0 Å². The first-order chi connectivity index (χ1) is 8.47. The van der Waals surface area contributed by atoms with Gasteiger partial charge in [0, 0.05) is 25.2 Å². The Morgan fingerprint density at radius 2 is 2.06 bits per heavy atom. The number of aromatic nitrogens is 2. The zero-order valence-corrected chi connectivity index (χ0v) is 12.1. The minimum Gasteiger partial charge on any atom is -0.342 e. The Morgan fingerprint density at radius 3 is 2.67 bits per heavy atom. The maximum atomic E-state index is 11.5. The highest BCUT2D eigenvalue weighted by molar-refractivity contribution is 14.1. The summed E-state index contributed by atoms with van der Waals surface area (Å²) >= 11 is 2.23. The van der Waals surface area contributed by atoms with Gasteiger partial charge in [-0.25, -0.2) is 4.79 Å². The van der Waals surface area contributed by atoms with Crippen molar-refractivity contribution in [2.75, 3.05) is 5.32 Å². The second-order valence-corrected chi connectivity index (χ2v) is 5.14. The number of anilines is 2. The number of nitrogens with zero attached hydrogens (tertiary/aromatic N) is 1. The Hall–Kier alpha value is -1.57. The molecule has 0 saturated carbocycles. The van der Waals surface area contributed by atoms with Crippen molar-refractivity contribution in [2.45, 2.75) is 6.92 Å². The lowest BCUT2D eigenvalue weighted by molar-refractivity contribution is 0.778. The average molecular weight is 361 g/mol. The fraction of sp³-hybridized carbons (Fsp3) is 0.167. The summed E-state index contributed by atoms with van der Waals surface area (Å²) in [4.78, 5) is 25.5. The zero-order chi connectivity index (χ0) is 13.3. The lowest BCUT2D eigenvalue weighted by atomic mass is 10.2. The molecule has 0 radical (unpaired) electrons. The Balaban J connectivity index is 0.00000180. The van der Waals surface area contributed by atoms with Crippen molar-refractivity contribution < 1.29 is 2.85 Å². The number of aromatic amines is 1. The van der Waals surface area contributed by atoms with Crippen LogP contribution in [0.5, 0.6) is 0 Å². The third-order valence-corrected chi connectivity index (χ3v) is 3.76. The molecule has 98 valence electrons. The fourth-order valence-corrected chi connectivity index (χ4v) is 1.96. The second kappa shape index (κ2) is 4.97. The highest BCUT2D eigenvalue weighted by Crippen LogP contribution is 2.19. The van der Waals surface area contributed by atoms with Gasteiger partial charge in [-0.05, 0) is 47.2 Å². The van der Waals surface area contributed by atoms with Crippen LogP contribution in [0.3, 0.4) is 0 Å². The van der Waals surface area contributed by atoms with E-state index in [1.54, 1.807) is 0 Å². The molecule has 2 aromatic rings. The summed E-state index contributed by atoms with van der Waals surface area (Å²) in [6, 6.07) is 7.18. The van der Waals surface area contributed by atoms with Gasteiger partial charge < -0.3 is 5.32 Å². The summed E-state index contributed by atoms with van der Waals surface area (Å²) in [6.07, 6.45) is 0. The maximum Gasteiger partial charge on any atom is 0.329 e. The zero-order valence-electron chi connectivity index (χ0n) is 9.95. The van der Waals surface area contributed by atoms with Gasteiger partial charge in [0.2, 0.25) is 0 Å². The summed E-state index contributed by atoms with van der Waals surface area (Å²) in [6.45, 7) is 2.02. The third-order valence-electron chi connectivity index (χ3n) is 2.60. The van der Waals surface area contributed by atoms with Crippen molar-refractivity contribution in [1.29, 1.82) is 0 Å². The molecule has 2 rings (SSSR count). The molecule has 0 aliphatic heterocycles. The van der Waals surface area contributed by atoms with E-state index in [-0.39, 0.29) is 8.41 Å². The molecule has 0 aliphatic rings. The lowest BCUT2D eigenvalue weighted by Gasteiger charge is -2.08. The van der Waals surface area contributed by atoms with Gasteiger partial charge in [0.25, 0.3) is 5.56 Å². The molecule has 0 aliphatic carbocycles. The molecule has 1 aromatic carbocycles. The summed E-state index contributed by atoms with van der Waals surface area (Å²) in [5.41, 5.74) is 1.22. The molecule has 0 spiro atoms. The standard InChI is InChI=1S/C12H12IN3O2.2H2/c1-7-3-4-8(5-9(7)13)14-10-6-11(17)16(2)12(18)15-10;;/h3-6,14H,1-2H3,(H,15,18);2*1H. The summed E-state index contributed by atoms with van der Waals surface area (Å²) in [5, 5.41) is 3.01. The van der Waals surface area contributed by atoms with Crippen LogP contribution in [0, 0.1) is 10.5 Å². The molecule has 0 atom stereocenters. The molecule has 18 heavy (non-hydrogen) atoms. The number of H-pyrrole nitrogens is 1. The van der Waals surface area contributed by atoms with Gasteiger partial charge in [0.05, 0.1) is 0 Å². The van der Waals surface area contributed by atoms with Gasteiger partial charge in [0.15, 0.2) is 0 Å². The Morgan fingerprint density at radius 1 is 1.33 bits per heavy atom. The molecular weight excluding hydrogens is 345 g/mol. The van der Waals surface area contributed by atoms with E-state index in [1.165, 1.54) is 18.7 Å². The second-order valence-electron chi connectivity index (χ2n) is 3.97. The van der Waals surface area contributed by atoms with Crippen molar-refractivity contribution in [3.8, 4) is 0 Å². The smallest absolute Gasteiger partial charge is 0.329 e. The SMILES string of the molecule is Cc1ccc(Nc2cc(=O)n(C)c(=O)[nH]2)cc1I.[HH].[HH]. The number of nitrogens with one attached hydrogen (secondary N) is 2. The van der Waals surface area contributed by atoms with E-state index in [0.717, 1.165) is 13.8 Å². The Kier molecular flexibility index (Phi) is 3.55. The minimum absolute atomic E-state index is 0. The van der Waals surface area contributed by atoms with Crippen LogP contribution in [0.2, 0.25) is 0 Å². The topological polar surface area (TPSA) is 66.9 Å². The number of halogens is 1. The molecule has 0 bridgehead atoms. The molecule has 6 heteroatoms. The van der Waals surface area contributed by atoms with Crippen LogP contribution in [0.4, 0.5) is 11.5 Å². The van der Waals surface area contributed by atoms with Gasteiger partial charge in [-0.2, -0.15) is 0 Å². The first-order valence-electron chi connectivity index (χ1n) is 5.31. The highest BCUT2D eigenvalue weighted by Gasteiger charge is 2.02. The van der Waals surface area contributed by atoms with Crippen molar-refractivity contribution in [2.24, 2.45) is 7.05 Å². The van der Waals surface area contributed by atoms with Crippen molar-refractivity contribution >= 4 is 34.1 Å². The van der Waals surface area contributed by atoms with Crippen molar-refractivity contribution in [1.82, 2.24) is 9.55 Å². The monoisotopic (exact) mass is 361 g/mol. The molecular formula is C12H16IN3O2. The van der Waals surface area contributed by atoms with E-state index in [9.17, 15) is 9.59 Å². The Bertz CT molecular complexity index is 681. The quantitative estimate of drug-likeness (QED) is 0.807. The van der Waals surface area contributed by atoms with Crippen LogP contribution in [-0.2, 0) is 7.05 Å². The number of rotatable bonds is 2. The highest BCUT2D eigenvalue weighted by atomic mass is 127. The van der Waals surface area contributed by atoms with E-state index in [0.29, 0.717) is 5.82 Å². The predicted octanol–water partition coefficient (Wildman–Crippen LogP) is 2.22. The molecule has 0 fully saturated rings. The van der Waals surface area contributed by atoms with E-state index in [1.807, 2.05) is 25.1 Å². The van der Waals surface area contributed by atoms with Crippen molar-refractivity contribution in [3.05, 3.63) is 54.2 Å². The van der Waals surface area contributed by atoms with Crippen molar-refractivity contribution in [3.63, 3.8) is 0 Å². The van der Waals surface area contributed by atoms with Crippen LogP contribution in [-0.4, -0.2) is 9.55 Å². The maximum absolute atomic E-state index is 11.5. The normalized spacial score (nSPS) is 10.4. The molecule has 0 saturated heterocycles. The number of hydrogen-bond acceptors (Lipinski definition) is 3. The fourth-order valence-electron chi connectivity index (χ4n) is 1.45. The van der Waals surface area contributed by atoms with Gasteiger partial charge in [0.1, 0.15) is 5.82 Å². The molecule has 0 amide bonds. The molecule has 1 heterocycles. The Labute approximate surface area is 120 Å². The van der Waals surface area contributed by atoms with Crippen LogP contribution in [0.15, 0.2) is 33.9 Å². The van der Waals surface area contributed by atoms with E-state index in [4.69, 9.17) is 0 Å². The van der Waals surface area contributed by atoms with Crippen LogP contribution >= 0.6 is 22.6 Å². The number of aryl methyl sites for hydroxylation is 1. The molecule has 5 nitrogen and oxygen atoms in total. The lowest BCUT2D eigenvalue weighted by Crippen LogP contribution is -2.32. The third kappa shape index (κ3) is 2.63. The number of benzene rings is 1. The van der Waals surface area contributed by atoms with E-state index in [2.05, 4.69) is 32.9 Å². The van der Waals surface area contributed by atoms with Crippen LogP contribution in [0.25, 0.3) is 0 Å². The largest absolute Gasteiger partial charge is 0.342 e. The summed E-state index contributed by atoms with van der Waals surface area (Å²) in [7, 11) is 1.43. The first kappa shape index (κ1) is 12.9. The minimum atomic E-state index is -0.438. The predicted molar refractivity (Wildman–Crippen MR) is 83.7 cm³/mol.